The number of benzene rings is 8. The van der Waals surface area contributed by atoms with Crippen LogP contribution in [-0.2, 0) is 65.3 Å². The minimum atomic E-state index is -0.127. The third-order valence-electron chi connectivity index (χ3n) is 13.3. The predicted molar refractivity (Wildman–Crippen MR) is 286 cm³/mol. The second kappa shape index (κ2) is 25.0. The Labute approximate surface area is 443 Å². The molecule has 0 spiro atoms. The third-order valence-corrected chi connectivity index (χ3v) is 13.3. The number of quaternary nitrogens is 1. The largest absolute Gasteiger partial charge is 1.00 e. The van der Waals surface area contributed by atoms with Crippen LogP contribution in [0.5, 0.6) is 23.0 Å². The number of hydrogen-bond donors (Lipinski definition) is 1. The van der Waals surface area contributed by atoms with Crippen LogP contribution < -0.4 is 42.9 Å². The van der Waals surface area contributed by atoms with E-state index >= 15 is 0 Å². The Bertz CT molecular complexity index is 3040. The van der Waals surface area contributed by atoms with E-state index in [-0.39, 0.29) is 30.6 Å². The summed E-state index contributed by atoms with van der Waals surface area (Å²) in [6.45, 7) is 12.1. The fourth-order valence-corrected chi connectivity index (χ4v) is 9.94. The first-order chi connectivity index (χ1) is 34.9. The van der Waals surface area contributed by atoms with Crippen molar-refractivity contribution in [1.29, 1.82) is 0 Å². The summed E-state index contributed by atoms with van der Waals surface area (Å²) in [6, 6.07) is 63.3. The van der Waals surface area contributed by atoms with Gasteiger partial charge in [0, 0.05) is 31.2 Å². The number of ether oxygens (including phenoxy) is 4. The van der Waals surface area contributed by atoms with Crippen molar-refractivity contribution in [3.8, 4) is 23.0 Å². The number of halogens is 1. The first-order valence-corrected chi connectivity index (χ1v) is 24.7. The van der Waals surface area contributed by atoms with E-state index in [0.717, 1.165) is 115 Å². The summed E-state index contributed by atoms with van der Waals surface area (Å²) in [5.41, 5.74) is 14.5. The van der Waals surface area contributed by atoms with E-state index in [9.17, 15) is 5.11 Å². The molecule has 0 saturated heterocycles. The van der Waals surface area contributed by atoms with E-state index in [1.165, 1.54) is 5.56 Å². The Kier molecular flexibility index (Phi) is 17.8. The average molecular weight is 1070 g/mol. The Morgan fingerprint density at radius 3 is 0.972 bits per heavy atom. The Morgan fingerprint density at radius 2 is 0.667 bits per heavy atom. The summed E-state index contributed by atoms with van der Waals surface area (Å²) < 4.78 is 28.9. The zero-order chi connectivity index (χ0) is 48.8. The molecule has 6 nitrogen and oxygen atoms in total. The first kappa shape index (κ1) is 51.4. The normalized spacial score (nSPS) is 12.0. The molecule has 0 aliphatic heterocycles. The average Bonchev–Trinajstić information content (AvgIpc) is 3.38. The topological polar surface area (TPSA) is 57.2 Å². The standard InChI is InChI=1S/C65H64NO5.HI/c1-4-32-66(3,33-5-2)42-52-34-58-39-56-30-18-28-54(62(56)68-44-48-20-10-6-11-21-48)38-55-29-19-31-57(63(55)69-45-49-22-12-7-13-23-49)40-60-36-53(43-67)37-61(65(60)71-47-51-26-16-9-17-27-51)41-59(35-52)64(58)70-46-50-24-14-8-15-25-50;/h4-31,34-37,67H,1-2,32-33,38-47H2,3H3;1H/q+1;/p-1. The monoisotopic (exact) mass is 1070 g/mol. The van der Waals surface area contributed by atoms with E-state index in [0.29, 0.717) is 56.6 Å². The zero-order valence-electron chi connectivity index (χ0n) is 41.3. The van der Waals surface area contributed by atoms with Crippen LogP contribution in [0.3, 0.4) is 0 Å². The highest BCUT2D eigenvalue weighted by Crippen LogP contribution is 2.41. The van der Waals surface area contributed by atoms with E-state index in [2.05, 4.69) is 154 Å². The van der Waals surface area contributed by atoms with Gasteiger partial charge >= 0.3 is 0 Å². The van der Waals surface area contributed by atoms with Gasteiger partial charge in [0.2, 0.25) is 0 Å². The number of fused-ring (bicyclic) bond motifs is 8. The molecule has 0 heterocycles. The molecule has 0 radical (unpaired) electrons. The van der Waals surface area contributed by atoms with Gasteiger partial charge in [0.15, 0.2) is 0 Å². The summed E-state index contributed by atoms with van der Waals surface area (Å²) in [6.07, 6.45) is 6.10. The molecule has 0 aromatic heterocycles. The number of hydrogen-bond acceptors (Lipinski definition) is 5. The molecular formula is C65H64INO5. The lowest BCUT2D eigenvalue weighted by molar-refractivity contribution is -0.911. The highest BCUT2D eigenvalue weighted by atomic mass is 127. The Morgan fingerprint density at radius 1 is 0.389 bits per heavy atom. The molecule has 8 bridgehead atoms. The summed E-state index contributed by atoms with van der Waals surface area (Å²) >= 11 is 0. The molecule has 0 atom stereocenters. The van der Waals surface area contributed by atoms with Gasteiger partial charge in [-0.05, 0) is 109 Å². The molecule has 1 aliphatic rings. The lowest BCUT2D eigenvalue weighted by atomic mass is 9.89. The maximum Gasteiger partial charge on any atom is 0.126 e. The molecule has 0 amide bonds. The number of aliphatic hydroxyl groups is 1. The number of nitrogens with zero attached hydrogens (tertiary/aromatic N) is 1. The summed E-state index contributed by atoms with van der Waals surface area (Å²) in [5.74, 6) is 3.31. The minimum Gasteiger partial charge on any atom is -1.00 e. The van der Waals surface area contributed by atoms with Gasteiger partial charge < -0.3 is 52.5 Å². The molecule has 8 aromatic rings. The SMILES string of the molecule is C=CC[N+](C)(CC=C)Cc1cc2c(OCc3ccccc3)c(c1)Cc1cc(CO)cc(c1OCc1ccccc1)Cc1cccc(c1OCc1ccccc1)Cc1cccc(c1OCc1ccccc1)C2.[I-]. The smallest absolute Gasteiger partial charge is 0.126 e. The summed E-state index contributed by atoms with van der Waals surface area (Å²) in [5, 5.41) is 11.0. The van der Waals surface area contributed by atoms with Crippen LogP contribution in [0.25, 0.3) is 0 Å². The van der Waals surface area contributed by atoms with Crippen LogP contribution in [0.15, 0.2) is 207 Å². The van der Waals surface area contributed by atoms with Crippen LogP contribution >= 0.6 is 0 Å². The van der Waals surface area contributed by atoms with Gasteiger partial charge in [0.25, 0.3) is 0 Å². The minimum absolute atomic E-state index is 0. The van der Waals surface area contributed by atoms with Gasteiger partial charge in [-0.25, -0.2) is 0 Å². The van der Waals surface area contributed by atoms with Gasteiger partial charge in [-0.3, -0.25) is 0 Å². The maximum atomic E-state index is 11.0. The van der Waals surface area contributed by atoms with Crippen molar-refractivity contribution in [2.24, 2.45) is 0 Å². The van der Waals surface area contributed by atoms with Gasteiger partial charge in [0.05, 0.1) is 26.7 Å². The van der Waals surface area contributed by atoms with Gasteiger partial charge in [0.1, 0.15) is 56.0 Å². The number of aliphatic hydroxyl groups excluding tert-OH is 1. The second-order valence-corrected chi connectivity index (χ2v) is 19.0. The van der Waals surface area contributed by atoms with Crippen molar-refractivity contribution in [1.82, 2.24) is 0 Å². The fraction of sp³-hybridized carbons (Fsp3) is 0.200. The molecule has 9 rings (SSSR count). The van der Waals surface area contributed by atoms with E-state index in [4.69, 9.17) is 18.9 Å². The van der Waals surface area contributed by atoms with Crippen molar-refractivity contribution >= 4 is 0 Å². The first-order valence-electron chi connectivity index (χ1n) is 24.7. The van der Waals surface area contributed by atoms with Crippen molar-refractivity contribution in [2.75, 3.05) is 20.1 Å². The molecule has 1 aliphatic carbocycles. The molecule has 1 N–H and O–H groups in total. The number of rotatable bonds is 19. The zero-order valence-corrected chi connectivity index (χ0v) is 43.4. The Hall–Kier alpha value is -6.91. The third kappa shape index (κ3) is 13.1. The molecular weight excluding hydrogens is 1000 g/mol. The number of para-hydroxylation sites is 2. The fourth-order valence-electron chi connectivity index (χ4n) is 9.94. The highest BCUT2D eigenvalue weighted by molar-refractivity contribution is 5.57. The van der Waals surface area contributed by atoms with Crippen LogP contribution in [0.1, 0.15) is 77.9 Å². The number of likely N-dealkylation sites (N-methyl/N-ethyl adjacent to an activating group) is 1. The Balaban J connectivity index is 0.00000693. The van der Waals surface area contributed by atoms with Crippen LogP contribution in [0.2, 0.25) is 0 Å². The molecule has 0 saturated carbocycles. The van der Waals surface area contributed by atoms with Crippen LogP contribution in [-0.4, -0.2) is 29.7 Å². The van der Waals surface area contributed by atoms with E-state index < -0.39 is 0 Å². The van der Waals surface area contributed by atoms with Crippen molar-refractivity contribution in [3.63, 3.8) is 0 Å². The van der Waals surface area contributed by atoms with Gasteiger partial charge in [-0.15, -0.1) is 0 Å². The van der Waals surface area contributed by atoms with Crippen molar-refractivity contribution < 1.29 is 52.5 Å². The van der Waals surface area contributed by atoms with Gasteiger partial charge in [-0.1, -0.05) is 171 Å². The van der Waals surface area contributed by atoms with E-state index in [1.54, 1.807) is 0 Å². The van der Waals surface area contributed by atoms with Gasteiger partial charge in [-0.2, -0.15) is 0 Å². The van der Waals surface area contributed by atoms with Crippen molar-refractivity contribution in [3.05, 3.63) is 285 Å². The molecule has 7 heteroatoms. The highest BCUT2D eigenvalue weighted by Gasteiger charge is 2.26. The van der Waals surface area contributed by atoms with E-state index in [1.807, 2.05) is 60.7 Å². The molecule has 0 fully saturated rings. The summed E-state index contributed by atoms with van der Waals surface area (Å²) in [4.78, 5) is 0. The molecule has 0 unspecified atom stereocenters. The van der Waals surface area contributed by atoms with Crippen LogP contribution in [0, 0.1) is 0 Å². The maximum absolute atomic E-state index is 11.0. The predicted octanol–water partition coefficient (Wildman–Crippen LogP) is 10.5. The second-order valence-electron chi connectivity index (χ2n) is 19.0. The molecule has 72 heavy (non-hydrogen) atoms. The molecule has 366 valence electrons. The molecule has 8 aromatic carbocycles. The van der Waals surface area contributed by atoms with Crippen molar-refractivity contribution in [2.45, 2.75) is 65.3 Å². The quantitative estimate of drug-likeness (QED) is 0.0497. The summed E-state index contributed by atoms with van der Waals surface area (Å²) in [7, 11) is 2.26. The lowest BCUT2D eigenvalue weighted by Gasteiger charge is -2.33. The lowest BCUT2D eigenvalue weighted by Crippen LogP contribution is -3.00. The van der Waals surface area contributed by atoms with Crippen LogP contribution in [0.4, 0.5) is 0 Å².